The summed E-state index contributed by atoms with van der Waals surface area (Å²) < 4.78 is 79.0. The zero-order valence-corrected chi connectivity index (χ0v) is 11.6. The SMILES string of the molecule is C=C(C)C(=O)OCC1CC(F)(F)C(OC(C)=O)(C(F)(F)F)O1. The second-order valence-electron chi connectivity index (χ2n) is 4.74. The summed E-state index contributed by atoms with van der Waals surface area (Å²) in [5.74, 6) is -11.5. The summed E-state index contributed by atoms with van der Waals surface area (Å²) in [7, 11) is 0. The molecule has 0 aromatic heterocycles. The fourth-order valence-corrected chi connectivity index (χ4v) is 1.80. The summed E-state index contributed by atoms with van der Waals surface area (Å²) in [5.41, 5.74) is -0.0631. The molecule has 1 aliphatic rings. The molecule has 0 bridgehead atoms. The van der Waals surface area contributed by atoms with Gasteiger partial charge in [0.05, 0.1) is 0 Å². The van der Waals surface area contributed by atoms with E-state index in [2.05, 4.69) is 20.8 Å². The molecule has 0 aliphatic carbocycles. The summed E-state index contributed by atoms with van der Waals surface area (Å²) in [6.07, 6.45) is -8.89. The van der Waals surface area contributed by atoms with Crippen LogP contribution in [0, 0.1) is 0 Å². The molecule has 0 aromatic carbocycles. The van der Waals surface area contributed by atoms with Gasteiger partial charge in [-0.25, -0.2) is 4.79 Å². The van der Waals surface area contributed by atoms with Crippen LogP contribution in [-0.4, -0.2) is 42.5 Å². The molecule has 1 saturated heterocycles. The number of esters is 2. The van der Waals surface area contributed by atoms with E-state index in [4.69, 9.17) is 0 Å². The topological polar surface area (TPSA) is 61.8 Å². The summed E-state index contributed by atoms with van der Waals surface area (Å²) in [5, 5.41) is 0. The standard InChI is InChI=1S/C12H13F5O5/c1-6(2)9(19)20-5-8-4-10(13,14)11(22-8,12(15,16)17)21-7(3)18/h8H,1,4-5H2,2-3H3. The van der Waals surface area contributed by atoms with Gasteiger partial charge in [0, 0.05) is 18.9 Å². The first-order valence-corrected chi connectivity index (χ1v) is 5.97. The Balaban J connectivity index is 2.97. The van der Waals surface area contributed by atoms with Crippen LogP contribution in [0.3, 0.4) is 0 Å². The molecule has 1 heterocycles. The maximum absolute atomic E-state index is 13.8. The number of carbonyl (C=O) groups excluding carboxylic acids is 2. The second kappa shape index (κ2) is 5.82. The number of ether oxygens (including phenoxy) is 3. The zero-order valence-electron chi connectivity index (χ0n) is 11.6. The highest BCUT2D eigenvalue weighted by Crippen LogP contribution is 2.53. The Morgan fingerprint density at radius 1 is 1.32 bits per heavy atom. The van der Waals surface area contributed by atoms with Crippen molar-refractivity contribution in [1.82, 2.24) is 0 Å². The molecular weight excluding hydrogens is 319 g/mol. The first-order chi connectivity index (χ1) is 9.82. The van der Waals surface area contributed by atoms with E-state index in [0.717, 1.165) is 0 Å². The van der Waals surface area contributed by atoms with E-state index in [9.17, 15) is 31.5 Å². The minimum Gasteiger partial charge on any atom is -0.460 e. The quantitative estimate of drug-likeness (QED) is 0.449. The number of carbonyl (C=O) groups is 2. The van der Waals surface area contributed by atoms with Crippen LogP contribution < -0.4 is 0 Å². The molecule has 2 atom stereocenters. The molecule has 1 fully saturated rings. The Hall–Kier alpha value is -1.71. The van der Waals surface area contributed by atoms with Crippen LogP contribution >= 0.6 is 0 Å². The molecule has 0 amide bonds. The molecule has 1 aliphatic heterocycles. The van der Waals surface area contributed by atoms with Gasteiger partial charge in [-0.2, -0.15) is 22.0 Å². The number of alkyl halides is 5. The molecule has 10 heteroatoms. The molecule has 0 saturated carbocycles. The lowest BCUT2D eigenvalue weighted by Gasteiger charge is -2.34. The van der Waals surface area contributed by atoms with Gasteiger partial charge in [-0.1, -0.05) is 6.58 Å². The number of hydrogen-bond donors (Lipinski definition) is 0. The van der Waals surface area contributed by atoms with Gasteiger partial charge in [0.2, 0.25) is 0 Å². The smallest absolute Gasteiger partial charge is 0.460 e. The van der Waals surface area contributed by atoms with Crippen molar-refractivity contribution in [2.75, 3.05) is 6.61 Å². The van der Waals surface area contributed by atoms with Crippen molar-refractivity contribution in [1.29, 1.82) is 0 Å². The van der Waals surface area contributed by atoms with Crippen LogP contribution in [0.2, 0.25) is 0 Å². The molecule has 5 nitrogen and oxygen atoms in total. The number of hydrogen-bond acceptors (Lipinski definition) is 5. The lowest BCUT2D eigenvalue weighted by molar-refractivity contribution is -0.407. The molecule has 0 aromatic rings. The van der Waals surface area contributed by atoms with Gasteiger partial charge in [-0.15, -0.1) is 0 Å². The summed E-state index contributed by atoms with van der Waals surface area (Å²) >= 11 is 0. The van der Waals surface area contributed by atoms with Crippen LogP contribution in [0.5, 0.6) is 0 Å². The third kappa shape index (κ3) is 3.37. The molecule has 0 N–H and O–H groups in total. The summed E-state index contributed by atoms with van der Waals surface area (Å²) in [4.78, 5) is 21.9. The monoisotopic (exact) mass is 332 g/mol. The fourth-order valence-electron chi connectivity index (χ4n) is 1.80. The van der Waals surface area contributed by atoms with Crippen LogP contribution in [0.4, 0.5) is 22.0 Å². The number of rotatable bonds is 4. The Morgan fingerprint density at radius 3 is 2.27 bits per heavy atom. The van der Waals surface area contributed by atoms with Crippen molar-refractivity contribution >= 4 is 11.9 Å². The third-order valence-corrected chi connectivity index (χ3v) is 2.71. The molecule has 126 valence electrons. The second-order valence-corrected chi connectivity index (χ2v) is 4.74. The maximum atomic E-state index is 13.8. The summed E-state index contributed by atoms with van der Waals surface area (Å²) in [6, 6.07) is 0. The molecular formula is C12H13F5O5. The van der Waals surface area contributed by atoms with E-state index in [1.807, 2.05) is 0 Å². The normalized spacial score (nSPS) is 27.3. The predicted octanol–water partition coefficient (Wildman–Crippen LogP) is 2.35. The molecule has 1 rings (SSSR count). The fraction of sp³-hybridized carbons (Fsp3) is 0.667. The largest absolute Gasteiger partial charge is 0.462 e. The first-order valence-electron chi connectivity index (χ1n) is 5.97. The highest BCUT2D eigenvalue weighted by molar-refractivity contribution is 5.86. The Morgan fingerprint density at radius 2 is 1.86 bits per heavy atom. The first kappa shape index (κ1) is 18.3. The van der Waals surface area contributed by atoms with Crippen LogP contribution in [0.25, 0.3) is 0 Å². The maximum Gasteiger partial charge on any atom is 0.462 e. The van der Waals surface area contributed by atoms with E-state index in [1.54, 1.807) is 0 Å². The van der Waals surface area contributed by atoms with Crippen molar-refractivity contribution in [2.24, 2.45) is 0 Å². The van der Waals surface area contributed by atoms with E-state index >= 15 is 0 Å². The van der Waals surface area contributed by atoms with Crippen molar-refractivity contribution < 1.29 is 45.8 Å². The van der Waals surface area contributed by atoms with Gasteiger partial charge in [0.15, 0.2) is 0 Å². The van der Waals surface area contributed by atoms with Crippen molar-refractivity contribution in [3.05, 3.63) is 12.2 Å². The van der Waals surface area contributed by atoms with Crippen molar-refractivity contribution in [3.8, 4) is 0 Å². The van der Waals surface area contributed by atoms with E-state index in [-0.39, 0.29) is 5.57 Å². The van der Waals surface area contributed by atoms with Crippen LogP contribution in [0.1, 0.15) is 20.3 Å². The molecule has 2 unspecified atom stereocenters. The molecule has 0 spiro atoms. The van der Waals surface area contributed by atoms with E-state index in [1.165, 1.54) is 6.92 Å². The van der Waals surface area contributed by atoms with Gasteiger partial charge in [0.25, 0.3) is 0 Å². The lowest BCUT2D eigenvalue weighted by Crippen LogP contribution is -2.59. The Labute approximate surface area is 122 Å². The average molecular weight is 332 g/mol. The summed E-state index contributed by atoms with van der Waals surface area (Å²) in [6.45, 7) is 4.17. The van der Waals surface area contributed by atoms with Crippen molar-refractivity contribution in [3.63, 3.8) is 0 Å². The highest BCUT2D eigenvalue weighted by Gasteiger charge is 2.79. The molecule has 0 radical (unpaired) electrons. The van der Waals surface area contributed by atoms with Gasteiger partial charge >= 0.3 is 29.8 Å². The van der Waals surface area contributed by atoms with E-state index in [0.29, 0.717) is 6.92 Å². The minimum atomic E-state index is -5.67. The van der Waals surface area contributed by atoms with E-state index < -0.39 is 49.0 Å². The van der Waals surface area contributed by atoms with Gasteiger partial charge < -0.3 is 14.2 Å². The zero-order chi connectivity index (χ0) is 17.3. The van der Waals surface area contributed by atoms with Crippen molar-refractivity contribution in [2.45, 2.75) is 44.3 Å². The Bertz CT molecular complexity index is 487. The Kier molecular flexibility index (Phi) is 4.85. The van der Waals surface area contributed by atoms with Gasteiger partial charge in [-0.05, 0) is 6.92 Å². The van der Waals surface area contributed by atoms with Crippen LogP contribution in [-0.2, 0) is 23.8 Å². The molecule has 22 heavy (non-hydrogen) atoms. The van der Waals surface area contributed by atoms with Crippen LogP contribution in [0.15, 0.2) is 12.2 Å². The third-order valence-electron chi connectivity index (χ3n) is 2.71. The highest BCUT2D eigenvalue weighted by atomic mass is 19.4. The number of halogens is 5. The van der Waals surface area contributed by atoms with Gasteiger partial charge in [-0.3, -0.25) is 4.79 Å². The minimum absolute atomic E-state index is 0.0631. The van der Waals surface area contributed by atoms with Gasteiger partial charge in [0.1, 0.15) is 12.7 Å². The lowest BCUT2D eigenvalue weighted by atomic mass is 10.1. The predicted molar refractivity (Wildman–Crippen MR) is 60.8 cm³/mol. The average Bonchev–Trinajstić information content (AvgIpc) is 2.56.